The number of carbonyl (C=O) groups is 1. The number of hydrogen-bond acceptors (Lipinski definition) is 4. The van der Waals surface area contributed by atoms with Crippen LogP contribution in [-0.4, -0.2) is 33.3 Å². The number of nitrogens with zero attached hydrogens (tertiary/aromatic N) is 2. The molecule has 0 aliphatic carbocycles. The van der Waals surface area contributed by atoms with Crippen molar-refractivity contribution in [3.63, 3.8) is 0 Å². The monoisotopic (exact) mass is 406 g/mol. The summed E-state index contributed by atoms with van der Waals surface area (Å²) in [5.41, 5.74) is 1.96. The lowest BCUT2D eigenvalue weighted by atomic mass is 10.1. The van der Waals surface area contributed by atoms with Crippen LogP contribution in [0, 0.1) is 0 Å². The van der Waals surface area contributed by atoms with Crippen LogP contribution in [0.4, 0.5) is 0 Å². The van der Waals surface area contributed by atoms with E-state index in [1.54, 1.807) is 29.5 Å². The van der Waals surface area contributed by atoms with Gasteiger partial charge in [-0.3, -0.25) is 0 Å². The maximum atomic E-state index is 11.3. The molecule has 1 unspecified atom stereocenters. The second-order valence-electron chi connectivity index (χ2n) is 5.81. The summed E-state index contributed by atoms with van der Waals surface area (Å²) in [5.74, 6) is 0.0191. The molecule has 0 saturated carbocycles. The Morgan fingerprint density at radius 1 is 1.42 bits per heavy atom. The van der Waals surface area contributed by atoms with Crippen LogP contribution >= 0.6 is 27.3 Å². The number of hydrogen-bond donors (Lipinski definition) is 1. The number of thiophene rings is 1. The van der Waals surface area contributed by atoms with Gasteiger partial charge in [0.15, 0.2) is 0 Å². The topological polar surface area (TPSA) is 64.3 Å². The molecule has 5 nitrogen and oxygen atoms in total. The van der Waals surface area contributed by atoms with Crippen LogP contribution in [0.15, 0.2) is 34.1 Å². The number of fused-ring (bicyclic) bond motifs is 1. The van der Waals surface area contributed by atoms with Crippen molar-refractivity contribution in [1.82, 2.24) is 9.55 Å². The maximum Gasteiger partial charge on any atom is 0.335 e. The highest BCUT2D eigenvalue weighted by molar-refractivity contribution is 9.11. The maximum absolute atomic E-state index is 11.3. The molecule has 1 N–H and O–H groups in total. The highest BCUT2D eigenvalue weighted by Crippen LogP contribution is 2.27. The number of halogens is 1. The predicted molar refractivity (Wildman–Crippen MR) is 95.9 cm³/mol. The highest BCUT2D eigenvalue weighted by Gasteiger charge is 2.22. The van der Waals surface area contributed by atoms with Gasteiger partial charge in [0, 0.05) is 17.9 Å². The highest BCUT2D eigenvalue weighted by atomic mass is 79.9. The minimum absolute atomic E-state index is 0.185. The van der Waals surface area contributed by atoms with E-state index in [2.05, 4.69) is 26.6 Å². The normalized spacial score (nSPS) is 17.1. The number of ether oxygens (including phenoxy) is 1. The lowest BCUT2D eigenvalue weighted by Crippen LogP contribution is -2.31. The lowest BCUT2D eigenvalue weighted by molar-refractivity contribution is -0.0589. The van der Waals surface area contributed by atoms with Crippen LogP contribution in [0.1, 0.15) is 27.5 Å². The molecule has 3 heterocycles. The number of carboxylic acid groups (broad SMARTS) is 1. The van der Waals surface area contributed by atoms with Gasteiger partial charge in [-0.2, -0.15) is 0 Å². The van der Waals surface area contributed by atoms with Crippen molar-refractivity contribution < 1.29 is 14.6 Å². The van der Waals surface area contributed by atoms with Gasteiger partial charge in [-0.05, 0) is 52.7 Å². The molecule has 2 aromatic heterocycles. The zero-order valence-electron chi connectivity index (χ0n) is 12.7. The summed E-state index contributed by atoms with van der Waals surface area (Å²) >= 11 is 5.18. The first-order valence-electron chi connectivity index (χ1n) is 7.68. The van der Waals surface area contributed by atoms with E-state index in [1.165, 1.54) is 4.88 Å². The average molecular weight is 407 g/mol. The molecular formula is C17H15BrN2O3S. The second kappa shape index (κ2) is 6.31. The molecule has 1 atom stereocenters. The molecule has 4 rings (SSSR count). The molecule has 24 heavy (non-hydrogen) atoms. The third kappa shape index (κ3) is 2.99. The first kappa shape index (κ1) is 15.8. The lowest BCUT2D eigenvalue weighted by Gasteiger charge is -2.27. The minimum atomic E-state index is -0.923. The summed E-state index contributed by atoms with van der Waals surface area (Å²) in [7, 11) is 0. The molecule has 0 amide bonds. The van der Waals surface area contributed by atoms with Crippen molar-refractivity contribution in [2.24, 2.45) is 0 Å². The average Bonchev–Trinajstić information content (AvgIpc) is 3.06. The van der Waals surface area contributed by atoms with Gasteiger partial charge < -0.3 is 14.4 Å². The smallest absolute Gasteiger partial charge is 0.335 e. The van der Waals surface area contributed by atoms with Gasteiger partial charge in [0.1, 0.15) is 5.82 Å². The summed E-state index contributed by atoms with van der Waals surface area (Å²) < 4.78 is 8.77. The van der Waals surface area contributed by atoms with E-state index in [-0.39, 0.29) is 11.7 Å². The third-order valence-corrected chi connectivity index (χ3v) is 5.84. The van der Waals surface area contributed by atoms with Crippen molar-refractivity contribution >= 4 is 44.3 Å². The molecule has 1 aromatic carbocycles. The molecule has 1 fully saturated rings. The number of benzene rings is 1. The molecule has 1 aliphatic rings. The Labute approximate surface area is 151 Å². The van der Waals surface area contributed by atoms with Gasteiger partial charge in [-0.25, -0.2) is 9.78 Å². The van der Waals surface area contributed by atoms with Gasteiger partial charge in [0.2, 0.25) is 0 Å². The van der Waals surface area contributed by atoms with E-state index >= 15 is 0 Å². The number of aromatic carboxylic acids is 1. The van der Waals surface area contributed by atoms with E-state index in [0.29, 0.717) is 6.54 Å². The van der Waals surface area contributed by atoms with E-state index in [9.17, 15) is 9.90 Å². The van der Waals surface area contributed by atoms with Gasteiger partial charge in [0.05, 0.1) is 33.0 Å². The number of rotatable bonds is 5. The van der Waals surface area contributed by atoms with Gasteiger partial charge >= 0.3 is 5.97 Å². The van der Waals surface area contributed by atoms with Gasteiger partial charge in [-0.1, -0.05) is 0 Å². The van der Waals surface area contributed by atoms with Crippen molar-refractivity contribution in [3.8, 4) is 0 Å². The molecule has 1 saturated heterocycles. The summed E-state index contributed by atoms with van der Waals surface area (Å²) in [6, 6.07) is 9.21. The fourth-order valence-electron chi connectivity index (χ4n) is 2.88. The largest absolute Gasteiger partial charge is 0.478 e. The number of aromatic nitrogens is 2. The number of carboxylic acids is 1. The predicted octanol–water partition coefficient (Wildman–Crippen LogP) is 3.94. The third-order valence-electron chi connectivity index (χ3n) is 4.22. The molecule has 7 heteroatoms. The van der Waals surface area contributed by atoms with Crippen molar-refractivity contribution in [2.45, 2.75) is 25.5 Å². The zero-order chi connectivity index (χ0) is 16.7. The summed E-state index contributed by atoms with van der Waals surface area (Å²) in [5, 5.41) is 9.26. The quantitative estimate of drug-likeness (QED) is 0.696. The standard InChI is InChI=1S/C17H15BrN2O3S/c18-15-4-2-12(24-15)8-16-19-13-3-1-10(17(21)22)7-14(13)20(16)9-11-5-6-23-11/h1-4,7,11H,5-6,8-9H2,(H,21,22). The van der Waals surface area contributed by atoms with Crippen LogP contribution in [0.25, 0.3) is 11.0 Å². The summed E-state index contributed by atoms with van der Waals surface area (Å²) in [6.45, 7) is 1.51. The summed E-state index contributed by atoms with van der Waals surface area (Å²) in [6.07, 6.45) is 1.94. The van der Waals surface area contributed by atoms with Gasteiger partial charge in [-0.15, -0.1) is 11.3 Å². The minimum Gasteiger partial charge on any atom is -0.478 e. The van der Waals surface area contributed by atoms with Crippen LogP contribution < -0.4 is 0 Å². The Kier molecular flexibility index (Phi) is 4.15. The van der Waals surface area contributed by atoms with Crippen LogP contribution in [0.3, 0.4) is 0 Å². The zero-order valence-corrected chi connectivity index (χ0v) is 15.1. The Morgan fingerprint density at radius 3 is 2.88 bits per heavy atom. The Morgan fingerprint density at radius 2 is 2.25 bits per heavy atom. The summed E-state index contributed by atoms with van der Waals surface area (Å²) in [4.78, 5) is 17.2. The van der Waals surface area contributed by atoms with E-state index in [0.717, 1.165) is 40.1 Å². The molecule has 124 valence electrons. The van der Waals surface area contributed by atoms with Crippen molar-refractivity contribution in [1.29, 1.82) is 0 Å². The van der Waals surface area contributed by atoms with Crippen LogP contribution in [-0.2, 0) is 17.7 Å². The van der Waals surface area contributed by atoms with Gasteiger partial charge in [0.25, 0.3) is 0 Å². The molecule has 0 spiro atoms. The first-order valence-corrected chi connectivity index (χ1v) is 9.29. The Bertz CT molecular complexity index is 914. The fourth-order valence-corrected chi connectivity index (χ4v) is 4.36. The second-order valence-corrected chi connectivity index (χ2v) is 8.36. The Hall–Kier alpha value is -1.70. The van der Waals surface area contributed by atoms with Crippen molar-refractivity contribution in [2.75, 3.05) is 6.61 Å². The first-order chi connectivity index (χ1) is 11.6. The molecule has 1 aliphatic heterocycles. The molecular weight excluding hydrogens is 392 g/mol. The van der Waals surface area contributed by atoms with Crippen LogP contribution in [0.5, 0.6) is 0 Å². The molecule has 0 radical (unpaired) electrons. The SMILES string of the molecule is O=C(O)c1ccc2nc(Cc3ccc(Br)s3)n(CC3CCO3)c2c1. The van der Waals surface area contributed by atoms with E-state index < -0.39 is 5.97 Å². The molecule has 3 aromatic rings. The Balaban J connectivity index is 1.77. The molecule has 0 bridgehead atoms. The fraction of sp³-hybridized carbons (Fsp3) is 0.294. The van der Waals surface area contributed by atoms with E-state index in [4.69, 9.17) is 9.72 Å². The number of imidazole rings is 1. The van der Waals surface area contributed by atoms with Crippen LogP contribution in [0.2, 0.25) is 0 Å². The van der Waals surface area contributed by atoms with E-state index in [1.807, 2.05) is 6.07 Å². The van der Waals surface area contributed by atoms with Crippen molar-refractivity contribution in [3.05, 3.63) is 50.4 Å².